The molecule has 2 aromatic rings. The number of carbonyl (C=O) groups is 1. The van der Waals surface area contributed by atoms with Crippen LogP contribution in [0.2, 0.25) is 0 Å². The maximum absolute atomic E-state index is 12.3. The van der Waals surface area contributed by atoms with Crippen LogP contribution in [0.4, 0.5) is 10.7 Å². The van der Waals surface area contributed by atoms with Crippen molar-refractivity contribution in [1.29, 1.82) is 0 Å². The van der Waals surface area contributed by atoms with E-state index in [4.69, 9.17) is 4.74 Å². The lowest BCUT2D eigenvalue weighted by Crippen LogP contribution is -2.52. The highest BCUT2D eigenvalue weighted by Gasteiger charge is 2.22. The Labute approximate surface area is 154 Å². The first-order valence-corrected chi connectivity index (χ1v) is 8.89. The SMILES string of the molecule is Cc1cccc(OCCNC(=O)N2CCN(c3ncccn3)CC2)c1C. The summed E-state index contributed by atoms with van der Waals surface area (Å²) < 4.78 is 5.77. The van der Waals surface area contributed by atoms with Crippen LogP contribution >= 0.6 is 0 Å². The largest absolute Gasteiger partial charge is 0.491 e. The molecule has 0 atom stereocenters. The molecule has 0 aliphatic carbocycles. The molecule has 0 unspecified atom stereocenters. The highest BCUT2D eigenvalue weighted by Crippen LogP contribution is 2.20. The van der Waals surface area contributed by atoms with Crippen molar-refractivity contribution in [2.24, 2.45) is 0 Å². The zero-order chi connectivity index (χ0) is 18.4. The van der Waals surface area contributed by atoms with Gasteiger partial charge in [-0.05, 0) is 37.1 Å². The van der Waals surface area contributed by atoms with Crippen LogP contribution in [0, 0.1) is 13.8 Å². The Balaban J connectivity index is 1.39. The minimum Gasteiger partial charge on any atom is -0.491 e. The number of nitrogens with zero attached hydrogens (tertiary/aromatic N) is 4. The minimum absolute atomic E-state index is 0.0526. The number of anilines is 1. The number of hydrogen-bond acceptors (Lipinski definition) is 5. The molecule has 1 fully saturated rings. The van der Waals surface area contributed by atoms with Gasteiger partial charge in [0.15, 0.2) is 0 Å². The summed E-state index contributed by atoms with van der Waals surface area (Å²) in [6, 6.07) is 7.74. The molecule has 1 aromatic heterocycles. The number of rotatable bonds is 5. The molecule has 26 heavy (non-hydrogen) atoms. The number of benzene rings is 1. The summed E-state index contributed by atoms with van der Waals surface area (Å²) in [5, 5.41) is 2.92. The number of aromatic nitrogens is 2. The highest BCUT2D eigenvalue weighted by atomic mass is 16.5. The van der Waals surface area contributed by atoms with E-state index >= 15 is 0 Å². The van der Waals surface area contributed by atoms with Gasteiger partial charge in [0.25, 0.3) is 0 Å². The van der Waals surface area contributed by atoms with Gasteiger partial charge in [-0.3, -0.25) is 0 Å². The van der Waals surface area contributed by atoms with E-state index in [-0.39, 0.29) is 6.03 Å². The standard InChI is InChI=1S/C19H25N5O2/c1-15-5-3-6-17(16(15)2)26-14-9-22-19(25)24-12-10-23(11-13-24)18-20-7-4-8-21-18/h3-8H,9-14H2,1-2H3,(H,22,25). The molecule has 2 amide bonds. The van der Waals surface area contributed by atoms with Gasteiger partial charge in [0, 0.05) is 38.6 Å². The van der Waals surface area contributed by atoms with Crippen LogP contribution < -0.4 is 15.0 Å². The van der Waals surface area contributed by atoms with E-state index in [2.05, 4.69) is 33.2 Å². The molecule has 1 saturated heterocycles. The highest BCUT2D eigenvalue weighted by molar-refractivity contribution is 5.74. The van der Waals surface area contributed by atoms with Crippen LogP contribution in [-0.4, -0.2) is 60.2 Å². The molecule has 0 bridgehead atoms. The quantitative estimate of drug-likeness (QED) is 0.831. The van der Waals surface area contributed by atoms with Crippen molar-refractivity contribution >= 4 is 12.0 Å². The van der Waals surface area contributed by atoms with Crippen LogP contribution in [-0.2, 0) is 0 Å². The number of urea groups is 1. The summed E-state index contributed by atoms with van der Waals surface area (Å²) in [7, 11) is 0. The summed E-state index contributed by atoms with van der Waals surface area (Å²) in [5.74, 6) is 1.59. The van der Waals surface area contributed by atoms with Crippen molar-refractivity contribution in [3.05, 3.63) is 47.8 Å². The van der Waals surface area contributed by atoms with E-state index in [1.807, 2.05) is 24.0 Å². The van der Waals surface area contributed by atoms with Gasteiger partial charge in [0.05, 0.1) is 6.54 Å². The number of amides is 2. The molecule has 0 saturated carbocycles. The van der Waals surface area contributed by atoms with Crippen molar-refractivity contribution in [2.45, 2.75) is 13.8 Å². The maximum atomic E-state index is 12.3. The molecule has 1 aliphatic rings. The zero-order valence-corrected chi connectivity index (χ0v) is 15.3. The molecule has 2 heterocycles. The Hall–Kier alpha value is -2.83. The van der Waals surface area contributed by atoms with Gasteiger partial charge in [-0.2, -0.15) is 0 Å². The monoisotopic (exact) mass is 355 g/mol. The second-order valence-electron chi connectivity index (χ2n) is 6.30. The Morgan fingerprint density at radius 3 is 2.58 bits per heavy atom. The van der Waals surface area contributed by atoms with E-state index in [1.54, 1.807) is 18.5 Å². The van der Waals surface area contributed by atoms with Gasteiger partial charge in [-0.15, -0.1) is 0 Å². The summed E-state index contributed by atoms with van der Waals surface area (Å²) in [6.45, 7) is 7.81. The lowest BCUT2D eigenvalue weighted by molar-refractivity contribution is 0.191. The first kappa shape index (κ1) is 18.0. The number of carbonyl (C=O) groups excluding carboxylic acids is 1. The van der Waals surface area contributed by atoms with Crippen molar-refractivity contribution in [3.8, 4) is 5.75 Å². The number of ether oxygens (including phenoxy) is 1. The molecule has 0 spiro atoms. The van der Waals surface area contributed by atoms with Crippen molar-refractivity contribution in [3.63, 3.8) is 0 Å². The van der Waals surface area contributed by atoms with Gasteiger partial charge in [0.2, 0.25) is 5.95 Å². The summed E-state index contributed by atoms with van der Waals surface area (Å²) >= 11 is 0. The van der Waals surface area contributed by atoms with E-state index in [1.165, 1.54) is 5.56 Å². The van der Waals surface area contributed by atoms with Crippen LogP contribution in [0.25, 0.3) is 0 Å². The maximum Gasteiger partial charge on any atom is 0.317 e. The predicted molar refractivity (Wildman–Crippen MR) is 101 cm³/mol. The smallest absolute Gasteiger partial charge is 0.317 e. The third-order valence-electron chi connectivity index (χ3n) is 4.59. The minimum atomic E-state index is -0.0526. The topological polar surface area (TPSA) is 70.6 Å². The van der Waals surface area contributed by atoms with Crippen LogP contribution in [0.1, 0.15) is 11.1 Å². The molecule has 7 heteroatoms. The second kappa shape index (κ2) is 8.51. The van der Waals surface area contributed by atoms with Crippen LogP contribution in [0.5, 0.6) is 5.75 Å². The van der Waals surface area contributed by atoms with Gasteiger partial charge in [-0.25, -0.2) is 14.8 Å². The van der Waals surface area contributed by atoms with Crippen LogP contribution in [0.15, 0.2) is 36.7 Å². The normalized spacial score (nSPS) is 14.2. The second-order valence-corrected chi connectivity index (χ2v) is 6.30. The third kappa shape index (κ3) is 4.41. The molecule has 1 aliphatic heterocycles. The average molecular weight is 355 g/mol. The van der Waals surface area contributed by atoms with Crippen LogP contribution in [0.3, 0.4) is 0 Å². The van der Waals surface area contributed by atoms with E-state index in [9.17, 15) is 4.79 Å². The molecule has 1 N–H and O–H groups in total. The van der Waals surface area contributed by atoms with E-state index in [0.29, 0.717) is 26.2 Å². The molecule has 0 radical (unpaired) electrons. The van der Waals surface area contributed by atoms with E-state index in [0.717, 1.165) is 30.4 Å². The van der Waals surface area contributed by atoms with Gasteiger partial charge >= 0.3 is 6.03 Å². The molecule has 3 rings (SSSR count). The Morgan fingerprint density at radius 1 is 1.12 bits per heavy atom. The summed E-state index contributed by atoms with van der Waals surface area (Å²) in [4.78, 5) is 24.7. The summed E-state index contributed by atoms with van der Waals surface area (Å²) in [5.41, 5.74) is 2.34. The Morgan fingerprint density at radius 2 is 1.85 bits per heavy atom. The summed E-state index contributed by atoms with van der Waals surface area (Å²) in [6.07, 6.45) is 3.47. The fraction of sp³-hybridized carbons (Fsp3) is 0.421. The van der Waals surface area contributed by atoms with Gasteiger partial charge in [-0.1, -0.05) is 12.1 Å². The molecular formula is C19H25N5O2. The number of piperazine rings is 1. The van der Waals surface area contributed by atoms with Gasteiger partial charge < -0.3 is 19.9 Å². The third-order valence-corrected chi connectivity index (χ3v) is 4.59. The number of nitrogens with one attached hydrogen (secondary N) is 1. The molecular weight excluding hydrogens is 330 g/mol. The predicted octanol–water partition coefficient (Wildman–Crippen LogP) is 2.00. The Bertz CT molecular complexity index is 730. The lowest BCUT2D eigenvalue weighted by atomic mass is 10.1. The van der Waals surface area contributed by atoms with Crippen molar-refractivity contribution < 1.29 is 9.53 Å². The van der Waals surface area contributed by atoms with Crippen molar-refractivity contribution in [2.75, 3.05) is 44.2 Å². The molecule has 7 nitrogen and oxygen atoms in total. The number of aryl methyl sites for hydroxylation is 1. The van der Waals surface area contributed by atoms with E-state index < -0.39 is 0 Å². The zero-order valence-electron chi connectivity index (χ0n) is 15.3. The van der Waals surface area contributed by atoms with Crippen molar-refractivity contribution in [1.82, 2.24) is 20.2 Å². The first-order chi connectivity index (χ1) is 12.6. The fourth-order valence-corrected chi connectivity index (χ4v) is 2.88. The average Bonchev–Trinajstić information content (AvgIpc) is 2.69. The van der Waals surface area contributed by atoms with Gasteiger partial charge in [0.1, 0.15) is 12.4 Å². The lowest BCUT2D eigenvalue weighted by Gasteiger charge is -2.34. The molecule has 138 valence electrons. The Kier molecular flexibility index (Phi) is 5.88. The fourth-order valence-electron chi connectivity index (χ4n) is 2.88. The molecule has 1 aromatic carbocycles. The first-order valence-electron chi connectivity index (χ1n) is 8.89. The number of hydrogen-bond donors (Lipinski definition) is 1.